The molecule has 0 heterocycles. The van der Waals surface area contributed by atoms with Crippen LogP contribution in [0.2, 0.25) is 0 Å². The van der Waals surface area contributed by atoms with E-state index in [0.29, 0.717) is 62.6 Å². The lowest BCUT2D eigenvalue weighted by atomic mass is 9.43. The normalized spacial score (nSPS) is 48.6. The van der Waals surface area contributed by atoms with Gasteiger partial charge in [0.1, 0.15) is 12.9 Å². The molecule has 0 aromatic heterocycles. The van der Waals surface area contributed by atoms with Crippen LogP contribution in [0.15, 0.2) is 5.16 Å². The first kappa shape index (κ1) is 70.8. The lowest BCUT2D eigenvalue weighted by molar-refractivity contribution is -0.160. The second kappa shape index (κ2) is 28.2. The van der Waals surface area contributed by atoms with E-state index < -0.39 is 0 Å². The topological polar surface area (TPSA) is 125 Å². The molecular formula is C82H144N2O5. The van der Waals surface area contributed by atoms with Crippen molar-refractivity contribution in [2.24, 2.45) is 168 Å². The minimum atomic E-state index is -0.245. The Morgan fingerprint density at radius 3 is 1.19 bits per heavy atom. The Balaban J connectivity index is 0.000000147. The molecule has 15 unspecified atom stereocenters. The van der Waals surface area contributed by atoms with Gasteiger partial charge in [0.15, 0.2) is 0 Å². The fraction of sp³-hybridized carbons (Fsp3) is 0.976. The number of hydrogen-bond acceptors (Lipinski definition) is 7. The number of fused-ring (bicyclic) bond motifs is 15. The van der Waals surface area contributed by atoms with E-state index in [0.717, 1.165) is 159 Å². The number of oxime groups is 1. The second-order valence-corrected chi connectivity index (χ2v) is 38.3. The van der Waals surface area contributed by atoms with Crippen LogP contribution in [0.25, 0.3) is 0 Å². The van der Waals surface area contributed by atoms with Gasteiger partial charge in [-0.05, 0) is 293 Å². The summed E-state index contributed by atoms with van der Waals surface area (Å²) in [5.74, 6) is 16.4. The highest BCUT2D eigenvalue weighted by Crippen LogP contribution is 2.72. The van der Waals surface area contributed by atoms with Crippen LogP contribution in [0.3, 0.4) is 0 Å². The molecule has 12 rings (SSSR count). The Hall–Kier alpha value is -1.02. The van der Waals surface area contributed by atoms with E-state index in [-0.39, 0.29) is 29.6 Å². The highest BCUT2D eigenvalue weighted by Gasteiger charge is 2.66. The van der Waals surface area contributed by atoms with E-state index in [4.69, 9.17) is 10.6 Å². The van der Waals surface area contributed by atoms with Gasteiger partial charge < -0.3 is 25.9 Å². The molecule has 12 fully saturated rings. The summed E-state index contributed by atoms with van der Waals surface area (Å²) < 4.78 is 0. The lowest BCUT2D eigenvalue weighted by Crippen LogP contribution is -2.60. The van der Waals surface area contributed by atoms with Gasteiger partial charge >= 0.3 is 0 Å². The molecule has 0 amide bonds. The number of carbonyl (C=O) groups is 1. The average Bonchev–Trinajstić information content (AvgIpc) is 1.72. The van der Waals surface area contributed by atoms with Crippen molar-refractivity contribution in [3.8, 4) is 0 Å². The summed E-state index contributed by atoms with van der Waals surface area (Å²) in [6.45, 7) is 37.2. The smallest absolute Gasteiger partial charge is 0.136 e. The largest absolute Gasteiger partial charge is 0.399 e. The van der Waals surface area contributed by atoms with Crippen LogP contribution in [0, 0.1) is 157 Å². The minimum absolute atomic E-state index is 0.105. The summed E-state index contributed by atoms with van der Waals surface area (Å²) in [6.07, 6.45) is 40.9. The number of nitrogens with two attached hydrogens (primary N) is 1. The maximum Gasteiger partial charge on any atom is 0.136 e. The van der Waals surface area contributed by atoms with Crippen LogP contribution in [0.4, 0.5) is 0 Å². The molecule has 28 atom stereocenters. The standard InChI is InChI=1S/C28H49NO2.C27H49NO.C27H46O2/c1-18(2)8-7-9-19(3)22-10-11-23-21-17-26(29-31-6)25-16-20(30)12-14-28(25,5)24(21)13-15-27(22,23)4;1-17(2)7-6-8-18(3)21-9-10-22-20-16-25(28)24-15-19(29)11-13-27(24,5)23(20)12-14-26(21,22)4;1-17(2)7-6-8-18(3)21-9-10-22-20-16-25(29)24-15-19(28)11-13-27(24,5)23(20)12-14-26(21,22)4/h18-25,30H,7-17H2,1-6H3;17-25,29H,6-16,28H2,1-5H3;17-24,28H,6-16H2,1-5H3/b29-26+;;/t19-,20+,21?,22?,23?,24?,25?,27-,28-;18-,19+,20?,21?,22?,23?,24?,25+,26-,27-;18-,19+,20?,21?,22?,23?,24?,26-,27-/m111/s1. The van der Waals surface area contributed by atoms with E-state index >= 15 is 0 Å². The van der Waals surface area contributed by atoms with Crippen LogP contribution < -0.4 is 5.73 Å². The molecule has 0 spiro atoms. The zero-order valence-electron chi connectivity index (χ0n) is 61.0. The van der Waals surface area contributed by atoms with Crippen LogP contribution in [-0.2, 0) is 9.63 Å². The predicted molar refractivity (Wildman–Crippen MR) is 371 cm³/mol. The van der Waals surface area contributed by atoms with Crippen LogP contribution in [0.5, 0.6) is 0 Å². The highest BCUT2D eigenvalue weighted by atomic mass is 16.6. The highest BCUT2D eigenvalue weighted by molar-refractivity contribution is 5.88. The Morgan fingerprint density at radius 1 is 0.416 bits per heavy atom. The third kappa shape index (κ3) is 13.6. The third-order valence-corrected chi connectivity index (χ3v) is 32.4. The molecule has 7 heteroatoms. The summed E-state index contributed by atoms with van der Waals surface area (Å²) in [5.41, 5.74) is 10.5. The minimum Gasteiger partial charge on any atom is -0.399 e. The first-order chi connectivity index (χ1) is 42.0. The zero-order chi connectivity index (χ0) is 64.3. The lowest BCUT2D eigenvalue weighted by Gasteiger charge is -2.62. The van der Waals surface area contributed by atoms with Gasteiger partial charge in [0, 0.05) is 24.3 Å². The number of ketones is 1. The van der Waals surface area contributed by atoms with Gasteiger partial charge in [-0.15, -0.1) is 0 Å². The van der Waals surface area contributed by atoms with Crippen molar-refractivity contribution in [3.63, 3.8) is 0 Å². The number of Topliss-reactive ketones (excluding diaryl/α,β-unsaturated/α-hetero) is 1. The van der Waals surface area contributed by atoms with Crippen molar-refractivity contribution in [2.75, 3.05) is 7.11 Å². The van der Waals surface area contributed by atoms with Gasteiger partial charge in [0.05, 0.1) is 24.0 Å². The summed E-state index contributed by atoms with van der Waals surface area (Å²) in [6, 6.07) is 0.307. The number of rotatable bonds is 16. The molecule has 12 aliphatic carbocycles. The molecule has 5 N–H and O–H groups in total. The van der Waals surface area contributed by atoms with Crippen LogP contribution >= 0.6 is 0 Å². The van der Waals surface area contributed by atoms with Gasteiger partial charge in [-0.1, -0.05) is 167 Å². The van der Waals surface area contributed by atoms with Crippen LogP contribution in [-0.4, -0.2) is 58.3 Å². The first-order valence-electron chi connectivity index (χ1n) is 39.5. The molecule has 7 nitrogen and oxygen atoms in total. The van der Waals surface area contributed by atoms with Gasteiger partial charge in [0.25, 0.3) is 0 Å². The molecule has 0 aromatic rings. The van der Waals surface area contributed by atoms with E-state index in [1.54, 1.807) is 7.11 Å². The van der Waals surface area contributed by atoms with Gasteiger partial charge in [-0.2, -0.15) is 0 Å². The number of aliphatic hydroxyl groups excluding tert-OH is 3. The maximum atomic E-state index is 13.2. The number of nitrogens with zero attached hydrogens (tertiary/aromatic N) is 1. The molecule has 12 aliphatic rings. The van der Waals surface area contributed by atoms with Crippen LogP contribution in [0.1, 0.15) is 316 Å². The predicted octanol–water partition coefficient (Wildman–Crippen LogP) is 20.1. The molecule has 0 radical (unpaired) electrons. The summed E-state index contributed by atoms with van der Waals surface area (Å²) in [5, 5.41) is 35.6. The molecule has 89 heavy (non-hydrogen) atoms. The number of carbonyl (C=O) groups excluding carboxylic acids is 1. The van der Waals surface area contributed by atoms with Gasteiger partial charge in [-0.25, -0.2) is 0 Å². The zero-order valence-corrected chi connectivity index (χ0v) is 61.0. The molecule has 512 valence electrons. The molecule has 12 saturated carbocycles. The Labute approximate surface area is 548 Å². The molecule has 0 bridgehead atoms. The monoisotopic (exact) mass is 1240 g/mol. The second-order valence-electron chi connectivity index (χ2n) is 38.3. The van der Waals surface area contributed by atoms with Crippen molar-refractivity contribution in [3.05, 3.63) is 0 Å². The molecule has 0 aliphatic heterocycles. The molecular weight excluding hydrogens is 1090 g/mol. The van der Waals surface area contributed by atoms with E-state index in [2.05, 4.69) is 109 Å². The SMILES string of the molecule is CC(C)CCC[C@@H](C)C1CCC2C3CC(=O)C4C[C@@H](O)CC[C@]4(C)C3CC[C@@]21C.CC(C)CCC[C@@H](C)C1CCC2C3C[C@H](N)C4C[C@@H](O)CC[C@]4(C)C3CC[C@@]21C.CO/N=C1\CC2C(CC[C@@]3(C)C2CCC3[C@H](C)CCCC(C)C)[C@@]2(C)CC[C@H](O)CC12. The number of hydrogen-bond donors (Lipinski definition) is 4. The first-order valence-corrected chi connectivity index (χ1v) is 39.5. The van der Waals surface area contributed by atoms with Crippen molar-refractivity contribution >= 4 is 11.5 Å². The van der Waals surface area contributed by atoms with Crippen molar-refractivity contribution in [1.29, 1.82) is 0 Å². The van der Waals surface area contributed by atoms with E-state index in [1.165, 1.54) is 153 Å². The third-order valence-electron chi connectivity index (χ3n) is 32.4. The van der Waals surface area contributed by atoms with Gasteiger partial charge in [0.2, 0.25) is 0 Å². The summed E-state index contributed by atoms with van der Waals surface area (Å²) >= 11 is 0. The average molecular weight is 1240 g/mol. The maximum absolute atomic E-state index is 13.2. The Kier molecular flexibility index (Phi) is 22.4. The van der Waals surface area contributed by atoms with Crippen molar-refractivity contribution in [2.45, 2.75) is 340 Å². The fourth-order valence-electron chi connectivity index (χ4n) is 27.7. The summed E-state index contributed by atoms with van der Waals surface area (Å²) in [4.78, 5) is 18.6. The summed E-state index contributed by atoms with van der Waals surface area (Å²) in [7, 11) is 1.70. The van der Waals surface area contributed by atoms with Gasteiger partial charge in [-0.3, -0.25) is 4.79 Å². The molecule has 0 saturated heterocycles. The molecule has 0 aromatic carbocycles. The number of aliphatic hydroxyl groups is 3. The van der Waals surface area contributed by atoms with Crippen molar-refractivity contribution < 1.29 is 25.0 Å². The Bertz CT molecular complexity index is 2350. The van der Waals surface area contributed by atoms with E-state index in [1.807, 2.05) is 0 Å². The van der Waals surface area contributed by atoms with Crippen molar-refractivity contribution in [1.82, 2.24) is 0 Å². The van der Waals surface area contributed by atoms with E-state index in [9.17, 15) is 20.1 Å². The fourth-order valence-corrected chi connectivity index (χ4v) is 27.7. The Morgan fingerprint density at radius 2 is 0.764 bits per heavy atom. The quantitative estimate of drug-likeness (QED) is 0.114.